The molecule has 0 amide bonds. The SMILES string of the molecule is CCc1cccc(NC(=S)Nc2ccc(OC)cc2OC)c1. The summed E-state index contributed by atoms with van der Waals surface area (Å²) in [4.78, 5) is 0. The lowest BCUT2D eigenvalue weighted by Gasteiger charge is -2.14. The first-order chi connectivity index (χ1) is 10.7. The summed E-state index contributed by atoms with van der Waals surface area (Å²) in [7, 11) is 3.23. The van der Waals surface area contributed by atoms with Crippen LogP contribution in [0, 0.1) is 0 Å². The second-order valence-electron chi connectivity index (χ2n) is 4.70. The molecule has 2 rings (SSSR count). The van der Waals surface area contributed by atoms with Gasteiger partial charge in [0.15, 0.2) is 5.11 Å². The van der Waals surface area contributed by atoms with Gasteiger partial charge in [-0.3, -0.25) is 0 Å². The molecule has 5 heteroatoms. The number of hydrogen-bond acceptors (Lipinski definition) is 3. The van der Waals surface area contributed by atoms with Gasteiger partial charge < -0.3 is 20.1 Å². The minimum Gasteiger partial charge on any atom is -0.497 e. The minimum absolute atomic E-state index is 0.511. The molecule has 2 aromatic carbocycles. The van der Waals surface area contributed by atoms with Crippen molar-refractivity contribution in [2.24, 2.45) is 0 Å². The number of rotatable bonds is 5. The molecule has 0 aromatic heterocycles. The molecule has 0 saturated heterocycles. The molecule has 4 nitrogen and oxygen atoms in total. The van der Waals surface area contributed by atoms with Crippen LogP contribution in [-0.2, 0) is 6.42 Å². The highest BCUT2D eigenvalue weighted by Crippen LogP contribution is 2.29. The summed E-state index contributed by atoms with van der Waals surface area (Å²) in [6.07, 6.45) is 0.988. The Bertz CT molecular complexity index is 659. The Morgan fingerprint density at radius 3 is 2.55 bits per heavy atom. The zero-order valence-corrected chi connectivity index (χ0v) is 13.8. The molecule has 0 spiro atoms. The van der Waals surface area contributed by atoms with Crippen LogP contribution in [0.2, 0.25) is 0 Å². The molecule has 22 heavy (non-hydrogen) atoms. The van der Waals surface area contributed by atoms with Gasteiger partial charge in [0.25, 0.3) is 0 Å². The maximum atomic E-state index is 5.36. The van der Waals surface area contributed by atoms with Gasteiger partial charge >= 0.3 is 0 Å². The van der Waals surface area contributed by atoms with Gasteiger partial charge in [-0.25, -0.2) is 0 Å². The number of aryl methyl sites for hydroxylation is 1. The zero-order valence-electron chi connectivity index (χ0n) is 13.0. The van der Waals surface area contributed by atoms with Gasteiger partial charge in [-0.05, 0) is 48.5 Å². The fourth-order valence-electron chi connectivity index (χ4n) is 2.06. The first kappa shape index (κ1) is 16.1. The molecule has 2 aromatic rings. The van der Waals surface area contributed by atoms with E-state index in [-0.39, 0.29) is 0 Å². The Kier molecular flexibility index (Phi) is 5.61. The minimum atomic E-state index is 0.511. The van der Waals surface area contributed by atoms with Gasteiger partial charge in [0.05, 0.1) is 19.9 Å². The van der Waals surface area contributed by atoms with E-state index in [4.69, 9.17) is 21.7 Å². The summed E-state index contributed by atoms with van der Waals surface area (Å²) < 4.78 is 10.5. The van der Waals surface area contributed by atoms with Crippen LogP contribution in [0.4, 0.5) is 11.4 Å². The summed E-state index contributed by atoms with van der Waals surface area (Å²) in [6.45, 7) is 2.12. The van der Waals surface area contributed by atoms with Crippen LogP contribution in [0.15, 0.2) is 42.5 Å². The molecule has 0 saturated carbocycles. The highest BCUT2D eigenvalue weighted by molar-refractivity contribution is 7.80. The monoisotopic (exact) mass is 316 g/mol. The third-order valence-electron chi connectivity index (χ3n) is 3.25. The molecule has 2 N–H and O–H groups in total. The summed E-state index contributed by atoms with van der Waals surface area (Å²) >= 11 is 5.36. The van der Waals surface area contributed by atoms with Gasteiger partial charge in [0.1, 0.15) is 11.5 Å². The van der Waals surface area contributed by atoms with Crippen molar-refractivity contribution in [3.8, 4) is 11.5 Å². The van der Waals surface area contributed by atoms with E-state index in [1.54, 1.807) is 14.2 Å². The van der Waals surface area contributed by atoms with Crippen molar-refractivity contribution in [3.63, 3.8) is 0 Å². The maximum absolute atomic E-state index is 5.36. The standard InChI is InChI=1S/C17H20N2O2S/c1-4-12-6-5-7-13(10-12)18-17(22)19-15-9-8-14(20-2)11-16(15)21-3/h5-11H,4H2,1-3H3,(H2,18,19,22). The number of ether oxygens (including phenoxy) is 2. The number of hydrogen-bond donors (Lipinski definition) is 2. The van der Waals surface area contributed by atoms with Gasteiger partial charge in [-0.1, -0.05) is 19.1 Å². The van der Waals surface area contributed by atoms with Crippen molar-refractivity contribution in [1.29, 1.82) is 0 Å². The average molecular weight is 316 g/mol. The number of nitrogens with one attached hydrogen (secondary N) is 2. The quantitative estimate of drug-likeness (QED) is 0.814. The van der Waals surface area contributed by atoms with Gasteiger partial charge in [-0.2, -0.15) is 0 Å². The lowest BCUT2D eigenvalue weighted by molar-refractivity contribution is 0.395. The Labute approximate surface area is 136 Å². The van der Waals surface area contributed by atoms with Crippen LogP contribution in [0.3, 0.4) is 0 Å². The predicted octanol–water partition coefficient (Wildman–Crippen LogP) is 4.08. The molecule has 0 aliphatic carbocycles. The fraction of sp³-hybridized carbons (Fsp3) is 0.235. The predicted molar refractivity (Wildman–Crippen MR) is 95.2 cm³/mol. The molecular weight excluding hydrogens is 296 g/mol. The Balaban J connectivity index is 2.08. The third-order valence-corrected chi connectivity index (χ3v) is 3.45. The number of thiocarbonyl (C=S) groups is 1. The molecule has 0 bridgehead atoms. The molecule has 0 atom stereocenters. The van der Waals surface area contributed by atoms with E-state index < -0.39 is 0 Å². The lowest BCUT2D eigenvalue weighted by atomic mass is 10.1. The Morgan fingerprint density at radius 2 is 1.86 bits per heavy atom. The van der Waals surface area contributed by atoms with Crippen molar-refractivity contribution in [2.75, 3.05) is 24.9 Å². The summed E-state index contributed by atoms with van der Waals surface area (Å²) in [5, 5.41) is 6.83. The van der Waals surface area contributed by atoms with Crippen molar-refractivity contribution in [2.45, 2.75) is 13.3 Å². The maximum Gasteiger partial charge on any atom is 0.175 e. The number of methoxy groups -OCH3 is 2. The van der Waals surface area contributed by atoms with E-state index in [0.29, 0.717) is 10.9 Å². The van der Waals surface area contributed by atoms with Crippen molar-refractivity contribution < 1.29 is 9.47 Å². The second kappa shape index (κ2) is 7.66. The van der Waals surface area contributed by atoms with Crippen molar-refractivity contribution >= 4 is 28.7 Å². The topological polar surface area (TPSA) is 42.5 Å². The normalized spacial score (nSPS) is 9.95. The van der Waals surface area contributed by atoms with Crippen LogP contribution in [0.25, 0.3) is 0 Å². The molecule has 0 aliphatic rings. The molecule has 0 unspecified atom stereocenters. The van der Waals surface area contributed by atoms with Gasteiger partial charge in [-0.15, -0.1) is 0 Å². The summed E-state index contributed by atoms with van der Waals surface area (Å²) in [5.74, 6) is 1.41. The molecule has 0 heterocycles. The van der Waals surface area contributed by atoms with Crippen molar-refractivity contribution in [1.82, 2.24) is 0 Å². The van der Waals surface area contributed by atoms with E-state index in [0.717, 1.165) is 23.5 Å². The summed E-state index contributed by atoms with van der Waals surface area (Å²) in [5.41, 5.74) is 3.01. The molecule has 0 aliphatic heterocycles. The lowest BCUT2D eigenvalue weighted by Crippen LogP contribution is -2.19. The first-order valence-corrected chi connectivity index (χ1v) is 7.46. The van der Waals surface area contributed by atoms with Crippen LogP contribution in [-0.4, -0.2) is 19.3 Å². The van der Waals surface area contributed by atoms with Gasteiger partial charge in [0.2, 0.25) is 0 Å². The Hall–Kier alpha value is -2.27. The first-order valence-electron chi connectivity index (χ1n) is 7.05. The van der Waals surface area contributed by atoms with E-state index in [9.17, 15) is 0 Å². The van der Waals surface area contributed by atoms with Crippen LogP contribution >= 0.6 is 12.2 Å². The zero-order chi connectivity index (χ0) is 15.9. The Morgan fingerprint density at radius 1 is 1.05 bits per heavy atom. The summed E-state index contributed by atoms with van der Waals surface area (Å²) in [6, 6.07) is 13.7. The van der Waals surface area contributed by atoms with Crippen LogP contribution < -0.4 is 20.1 Å². The molecule has 0 fully saturated rings. The van der Waals surface area contributed by atoms with Crippen LogP contribution in [0.5, 0.6) is 11.5 Å². The largest absolute Gasteiger partial charge is 0.497 e. The molecule has 116 valence electrons. The van der Waals surface area contributed by atoms with Crippen molar-refractivity contribution in [3.05, 3.63) is 48.0 Å². The average Bonchev–Trinajstić information content (AvgIpc) is 2.55. The highest BCUT2D eigenvalue weighted by atomic mass is 32.1. The van der Waals surface area contributed by atoms with Crippen LogP contribution in [0.1, 0.15) is 12.5 Å². The highest BCUT2D eigenvalue weighted by Gasteiger charge is 2.07. The smallest absolute Gasteiger partial charge is 0.175 e. The van der Waals surface area contributed by atoms with E-state index >= 15 is 0 Å². The molecule has 0 radical (unpaired) electrons. The van der Waals surface area contributed by atoms with E-state index in [2.05, 4.69) is 29.7 Å². The number of anilines is 2. The molecular formula is C17H20N2O2S. The van der Waals surface area contributed by atoms with E-state index in [1.807, 2.05) is 30.3 Å². The fourth-order valence-corrected chi connectivity index (χ4v) is 2.28. The third kappa shape index (κ3) is 4.11. The number of benzene rings is 2. The van der Waals surface area contributed by atoms with Gasteiger partial charge in [0, 0.05) is 11.8 Å². The second-order valence-corrected chi connectivity index (χ2v) is 5.11. The van der Waals surface area contributed by atoms with E-state index in [1.165, 1.54) is 5.56 Å².